The molecule has 3 rings (SSSR count). The van der Waals surface area contributed by atoms with Crippen molar-refractivity contribution in [3.05, 3.63) is 92.4 Å². The summed E-state index contributed by atoms with van der Waals surface area (Å²) in [6.07, 6.45) is 1.35. The lowest BCUT2D eigenvalue weighted by Crippen LogP contribution is -2.41. The Morgan fingerprint density at radius 3 is 2.53 bits per heavy atom. The summed E-state index contributed by atoms with van der Waals surface area (Å²) >= 11 is 0. The molecule has 0 aliphatic rings. The van der Waals surface area contributed by atoms with Crippen LogP contribution >= 0.6 is 0 Å². The van der Waals surface area contributed by atoms with Crippen molar-refractivity contribution < 1.29 is 9.18 Å². The number of halogens is 1. The number of H-pyrrole nitrogens is 1. The molecular weight excluding hydrogens is 387 g/mol. The second-order valence-electron chi connectivity index (χ2n) is 6.89. The lowest BCUT2D eigenvalue weighted by Gasteiger charge is -2.24. The smallest absolute Gasteiger partial charge is 0.330 e. The molecular formula is C22H23FN4O3. The minimum absolute atomic E-state index is 0.0886. The molecule has 0 radical (unpaired) electrons. The van der Waals surface area contributed by atoms with Crippen LogP contribution in [0.15, 0.2) is 64.2 Å². The number of aromatic amines is 1. The summed E-state index contributed by atoms with van der Waals surface area (Å²) in [5, 5.41) is 0. The van der Waals surface area contributed by atoms with Gasteiger partial charge in [-0.05, 0) is 30.2 Å². The molecule has 0 spiro atoms. The number of nitrogens with two attached hydrogens (primary N) is 1. The van der Waals surface area contributed by atoms with Gasteiger partial charge in [0.05, 0.1) is 6.54 Å². The molecule has 7 nitrogen and oxygen atoms in total. The van der Waals surface area contributed by atoms with Crippen molar-refractivity contribution in [2.24, 2.45) is 0 Å². The lowest BCUT2D eigenvalue weighted by atomic mass is 10.1. The first-order valence-electron chi connectivity index (χ1n) is 9.66. The number of carbonyl (C=O) groups is 1. The van der Waals surface area contributed by atoms with E-state index in [4.69, 9.17) is 5.73 Å². The highest BCUT2D eigenvalue weighted by Crippen LogP contribution is 2.21. The number of benzene rings is 2. The van der Waals surface area contributed by atoms with Crippen molar-refractivity contribution >= 4 is 17.4 Å². The zero-order valence-corrected chi connectivity index (χ0v) is 16.6. The van der Waals surface area contributed by atoms with E-state index in [1.54, 1.807) is 0 Å². The third kappa shape index (κ3) is 4.48. The van der Waals surface area contributed by atoms with Crippen molar-refractivity contribution in [3.63, 3.8) is 0 Å². The van der Waals surface area contributed by atoms with Crippen LogP contribution in [0.5, 0.6) is 0 Å². The molecule has 1 heterocycles. The number of hydrogen-bond donors (Lipinski definition) is 2. The minimum atomic E-state index is -0.761. The molecule has 0 unspecified atom stereocenters. The molecule has 2 aromatic carbocycles. The van der Waals surface area contributed by atoms with E-state index in [9.17, 15) is 18.8 Å². The van der Waals surface area contributed by atoms with Crippen LogP contribution in [0.2, 0.25) is 0 Å². The van der Waals surface area contributed by atoms with Crippen molar-refractivity contribution in [3.8, 4) is 0 Å². The van der Waals surface area contributed by atoms with E-state index >= 15 is 0 Å². The van der Waals surface area contributed by atoms with Gasteiger partial charge in [0.15, 0.2) is 5.69 Å². The fourth-order valence-corrected chi connectivity index (χ4v) is 3.17. The largest absolute Gasteiger partial charge is 0.383 e. The van der Waals surface area contributed by atoms with E-state index in [-0.39, 0.29) is 30.2 Å². The van der Waals surface area contributed by atoms with Gasteiger partial charge in [-0.2, -0.15) is 0 Å². The molecule has 3 N–H and O–H groups in total. The second-order valence-corrected chi connectivity index (χ2v) is 6.89. The normalized spacial score (nSPS) is 10.7. The second kappa shape index (κ2) is 9.21. The number of nitrogen functional groups attached to an aromatic ring is 1. The summed E-state index contributed by atoms with van der Waals surface area (Å²) in [7, 11) is 0. The van der Waals surface area contributed by atoms with E-state index in [1.807, 2.05) is 37.3 Å². The third-order valence-electron chi connectivity index (χ3n) is 4.72. The maximum atomic E-state index is 13.7. The fourth-order valence-electron chi connectivity index (χ4n) is 3.17. The zero-order valence-electron chi connectivity index (χ0n) is 16.6. The van der Waals surface area contributed by atoms with E-state index in [0.29, 0.717) is 6.42 Å². The van der Waals surface area contributed by atoms with Crippen LogP contribution in [0.4, 0.5) is 15.9 Å². The Balaban J connectivity index is 2.11. The van der Waals surface area contributed by atoms with Gasteiger partial charge in [-0.25, -0.2) is 9.18 Å². The minimum Gasteiger partial charge on any atom is -0.383 e. The van der Waals surface area contributed by atoms with Gasteiger partial charge in [-0.1, -0.05) is 49.7 Å². The number of hydrogen-bond acceptors (Lipinski definition) is 4. The van der Waals surface area contributed by atoms with Crippen molar-refractivity contribution in [2.75, 3.05) is 17.2 Å². The van der Waals surface area contributed by atoms with Crippen LogP contribution in [-0.4, -0.2) is 22.0 Å². The molecule has 0 atom stereocenters. The van der Waals surface area contributed by atoms with Crippen LogP contribution in [0.25, 0.3) is 0 Å². The Bertz CT molecular complexity index is 1160. The predicted octanol–water partition coefficient (Wildman–Crippen LogP) is 2.75. The van der Waals surface area contributed by atoms with Gasteiger partial charge in [-0.15, -0.1) is 0 Å². The van der Waals surface area contributed by atoms with E-state index in [1.165, 1.54) is 27.7 Å². The molecule has 0 fully saturated rings. The number of amides is 1. The summed E-state index contributed by atoms with van der Waals surface area (Å²) in [6.45, 7) is 2.27. The maximum absolute atomic E-state index is 13.7. The number of carbonyl (C=O) groups excluding carboxylic acids is 1. The molecule has 0 bridgehead atoms. The van der Waals surface area contributed by atoms with Gasteiger partial charge < -0.3 is 10.6 Å². The summed E-state index contributed by atoms with van der Waals surface area (Å²) in [5.74, 6) is -1.24. The highest BCUT2D eigenvalue weighted by molar-refractivity contribution is 6.07. The highest BCUT2D eigenvalue weighted by atomic mass is 19.1. The van der Waals surface area contributed by atoms with Gasteiger partial charge in [0.25, 0.3) is 11.5 Å². The van der Waals surface area contributed by atoms with Crippen LogP contribution in [0.1, 0.15) is 35.7 Å². The summed E-state index contributed by atoms with van der Waals surface area (Å²) in [5.41, 5.74) is 5.57. The molecule has 0 aliphatic heterocycles. The Kier molecular flexibility index (Phi) is 6.46. The monoisotopic (exact) mass is 410 g/mol. The summed E-state index contributed by atoms with van der Waals surface area (Å²) < 4.78 is 14.9. The molecule has 0 saturated carbocycles. The van der Waals surface area contributed by atoms with Crippen molar-refractivity contribution in [2.45, 2.75) is 26.3 Å². The molecule has 156 valence electrons. The van der Waals surface area contributed by atoms with Gasteiger partial charge in [0.1, 0.15) is 11.6 Å². The van der Waals surface area contributed by atoms with Crippen molar-refractivity contribution in [1.82, 2.24) is 9.55 Å². The molecule has 8 heteroatoms. The molecule has 1 aromatic heterocycles. The van der Waals surface area contributed by atoms with Crippen LogP contribution in [0.3, 0.4) is 0 Å². The molecule has 30 heavy (non-hydrogen) atoms. The van der Waals surface area contributed by atoms with Gasteiger partial charge >= 0.3 is 5.69 Å². The van der Waals surface area contributed by atoms with Crippen LogP contribution in [0, 0.1) is 5.82 Å². The number of nitrogens with one attached hydrogen (secondary N) is 1. The SMILES string of the molecule is CCCCN(C(=O)c1cccc(F)c1)c1c(N)n(Cc2ccccc2)c(=O)[nH]c1=O. The number of unbranched alkanes of at least 4 members (excludes halogenated alkanes) is 1. The fraction of sp³-hybridized carbons (Fsp3) is 0.227. The van der Waals surface area contributed by atoms with Gasteiger partial charge in [0, 0.05) is 12.1 Å². The van der Waals surface area contributed by atoms with E-state index < -0.39 is 23.0 Å². The Labute approximate surface area is 172 Å². The number of nitrogens with zero attached hydrogens (tertiary/aromatic N) is 2. The maximum Gasteiger partial charge on any atom is 0.330 e. The number of rotatable bonds is 7. The van der Waals surface area contributed by atoms with Crippen molar-refractivity contribution in [1.29, 1.82) is 0 Å². The van der Waals surface area contributed by atoms with Gasteiger partial charge in [0.2, 0.25) is 0 Å². The topological polar surface area (TPSA) is 101 Å². The Hall–Kier alpha value is -3.68. The zero-order chi connectivity index (χ0) is 21.7. The Morgan fingerprint density at radius 1 is 1.13 bits per heavy atom. The third-order valence-corrected chi connectivity index (χ3v) is 4.72. The quantitative estimate of drug-likeness (QED) is 0.625. The van der Waals surface area contributed by atoms with Crippen LogP contribution in [-0.2, 0) is 6.54 Å². The molecule has 3 aromatic rings. The lowest BCUT2D eigenvalue weighted by molar-refractivity contribution is 0.0985. The number of aromatic nitrogens is 2. The predicted molar refractivity (Wildman–Crippen MR) is 114 cm³/mol. The first-order valence-corrected chi connectivity index (χ1v) is 9.66. The first-order chi connectivity index (χ1) is 14.4. The van der Waals surface area contributed by atoms with Crippen LogP contribution < -0.4 is 21.9 Å². The molecule has 1 amide bonds. The summed E-state index contributed by atoms with van der Waals surface area (Å²) in [4.78, 5) is 41.7. The molecule has 0 aliphatic carbocycles. The average molecular weight is 410 g/mol. The molecule has 0 saturated heterocycles. The number of anilines is 2. The van der Waals surface area contributed by atoms with E-state index in [2.05, 4.69) is 4.98 Å². The standard InChI is InChI=1S/C22H23FN4O3/c1-2-3-12-26(21(29)16-10-7-11-17(23)13-16)18-19(24)27(22(30)25-20(18)28)14-15-8-5-4-6-9-15/h4-11,13H,2-3,12,14,24H2,1H3,(H,25,28,30). The highest BCUT2D eigenvalue weighted by Gasteiger charge is 2.25. The van der Waals surface area contributed by atoms with E-state index in [0.717, 1.165) is 18.1 Å². The van der Waals surface area contributed by atoms with Gasteiger partial charge in [-0.3, -0.25) is 19.1 Å². The first kappa shape index (κ1) is 21.0. The average Bonchev–Trinajstić information content (AvgIpc) is 2.73. The summed E-state index contributed by atoms with van der Waals surface area (Å²) in [6, 6.07) is 14.4. The Morgan fingerprint density at radius 2 is 1.87 bits per heavy atom.